The Bertz CT molecular complexity index is 601. The fraction of sp³-hybridized carbons (Fsp3) is 0.722. The van der Waals surface area contributed by atoms with E-state index in [1.165, 1.54) is 6.20 Å². The van der Waals surface area contributed by atoms with Gasteiger partial charge < -0.3 is 9.47 Å². The lowest BCUT2D eigenvalue weighted by Gasteiger charge is -2.33. The number of carbonyl (C=O) groups excluding carboxylic acids is 2. The molecule has 1 unspecified atom stereocenters. The van der Waals surface area contributed by atoms with Crippen molar-refractivity contribution in [1.82, 2.24) is 10.2 Å². The van der Waals surface area contributed by atoms with E-state index in [9.17, 15) is 9.59 Å². The summed E-state index contributed by atoms with van der Waals surface area (Å²) < 4.78 is 10.6. The van der Waals surface area contributed by atoms with Crippen LogP contribution in [-0.4, -0.2) is 47.9 Å². The van der Waals surface area contributed by atoms with E-state index < -0.39 is 5.97 Å². The van der Waals surface area contributed by atoms with Crippen molar-refractivity contribution in [2.75, 3.05) is 24.7 Å². The normalized spacial score (nSPS) is 26.4. The third-order valence-electron chi connectivity index (χ3n) is 5.23. The Labute approximate surface area is 148 Å². The van der Waals surface area contributed by atoms with Crippen molar-refractivity contribution in [3.8, 4) is 0 Å². The molecule has 0 radical (unpaired) electrons. The highest BCUT2D eigenvalue weighted by molar-refractivity contribution is 6.02. The van der Waals surface area contributed by atoms with Crippen LogP contribution in [0, 0.1) is 11.8 Å². The summed E-state index contributed by atoms with van der Waals surface area (Å²) in [6, 6.07) is -0.0690. The van der Waals surface area contributed by atoms with Crippen LogP contribution in [-0.2, 0) is 14.3 Å². The molecule has 1 saturated heterocycles. The summed E-state index contributed by atoms with van der Waals surface area (Å²) in [5, 5.41) is 6.85. The van der Waals surface area contributed by atoms with E-state index >= 15 is 0 Å². The molecule has 3 rings (SSSR count). The molecule has 1 amide bonds. The molecule has 2 aliphatic rings. The van der Waals surface area contributed by atoms with E-state index in [-0.39, 0.29) is 24.5 Å². The Morgan fingerprint density at radius 1 is 1.32 bits per heavy atom. The van der Waals surface area contributed by atoms with E-state index in [1.54, 1.807) is 11.8 Å². The number of carbonyl (C=O) groups is 2. The van der Waals surface area contributed by atoms with Gasteiger partial charge in [-0.3, -0.25) is 14.8 Å². The van der Waals surface area contributed by atoms with Crippen molar-refractivity contribution in [3.05, 3.63) is 11.8 Å². The van der Waals surface area contributed by atoms with Gasteiger partial charge in [0.15, 0.2) is 0 Å². The second-order valence-corrected chi connectivity index (χ2v) is 7.04. The highest BCUT2D eigenvalue weighted by Crippen LogP contribution is 2.33. The molecule has 0 spiro atoms. The molecule has 1 aliphatic heterocycles. The number of aromatic nitrogens is 2. The lowest BCUT2D eigenvalue weighted by Crippen LogP contribution is -2.46. The molecule has 1 aliphatic carbocycles. The van der Waals surface area contributed by atoms with E-state index in [2.05, 4.69) is 17.1 Å². The summed E-state index contributed by atoms with van der Waals surface area (Å²) in [4.78, 5) is 27.2. The zero-order valence-electron chi connectivity index (χ0n) is 15.0. The topological polar surface area (TPSA) is 84.5 Å². The SMILES string of the molecule is CCOC(=O)c1cn[nH]c1N(C(=O)C1CCC(C)CC1)C1CCOC1. The monoisotopic (exact) mass is 349 g/mol. The molecular formula is C18H27N3O4. The number of rotatable bonds is 5. The van der Waals surface area contributed by atoms with Crippen LogP contribution < -0.4 is 4.90 Å². The third kappa shape index (κ3) is 3.86. The van der Waals surface area contributed by atoms with Gasteiger partial charge in [0, 0.05) is 12.5 Å². The third-order valence-corrected chi connectivity index (χ3v) is 5.23. The van der Waals surface area contributed by atoms with Gasteiger partial charge in [-0.1, -0.05) is 6.92 Å². The molecule has 138 valence electrons. The molecule has 0 aromatic carbocycles. The number of amides is 1. The van der Waals surface area contributed by atoms with Gasteiger partial charge in [0.05, 0.1) is 25.5 Å². The fourth-order valence-electron chi connectivity index (χ4n) is 3.72. The first-order valence-corrected chi connectivity index (χ1v) is 9.23. The molecular weight excluding hydrogens is 322 g/mol. The maximum absolute atomic E-state index is 13.3. The largest absolute Gasteiger partial charge is 0.462 e. The van der Waals surface area contributed by atoms with Gasteiger partial charge in [-0.15, -0.1) is 0 Å². The summed E-state index contributed by atoms with van der Waals surface area (Å²) in [6.45, 7) is 5.38. The minimum absolute atomic E-state index is 0.00449. The van der Waals surface area contributed by atoms with Gasteiger partial charge in [0.2, 0.25) is 5.91 Å². The van der Waals surface area contributed by atoms with Crippen LogP contribution in [0.5, 0.6) is 0 Å². The summed E-state index contributed by atoms with van der Waals surface area (Å²) >= 11 is 0. The average Bonchev–Trinajstić information content (AvgIpc) is 3.28. The van der Waals surface area contributed by atoms with Gasteiger partial charge in [-0.2, -0.15) is 5.10 Å². The number of nitrogens with zero attached hydrogens (tertiary/aromatic N) is 2. The van der Waals surface area contributed by atoms with Gasteiger partial charge in [-0.05, 0) is 44.9 Å². The van der Waals surface area contributed by atoms with E-state index in [0.717, 1.165) is 32.1 Å². The lowest BCUT2D eigenvalue weighted by molar-refractivity contribution is -0.124. The number of ether oxygens (including phenoxy) is 2. The summed E-state index contributed by atoms with van der Waals surface area (Å²) in [5.41, 5.74) is 0.311. The van der Waals surface area contributed by atoms with Crippen LogP contribution in [0.4, 0.5) is 5.82 Å². The summed E-state index contributed by atoms with van der Waals surface area (Å²) in [6.07, 6.45) is 6.13. The second-order valence-electron chi connectivity index (χ2n) is 7.04. The Balaban J connectivity index is 1.87. The minimum Gasteiger partial charge on any atom is -0.462 e. The van der Waals surface area contributed by atoms with Gasteiger partial charge in [0.25, 0.3) is 0 Å². The highest BCUT2D eigenvalue weighted by atomic mass is 16.5. The van der Waals surface area contributed by atoms with Crippen molar-refractivity contribution >= 4 is 17.7 Å². The van der Waals surface area contributed by atoms with E-state index in [4.69, 9.17) is 9.47 Å². The smallest absolute Gasteiger partial charge is 0.343 e. The van der Waals surface area contributed by atoms with Gasteiger partial charge in [0.1, 0.15) is 11.4 Å². The van der Waals surface area contributed by atoms with Crippen LogP contribution in [0.2, 0.25) is 0 Å². The van der Waals surface area contributed by atoms with Crippen LogP contribution in [0.1, 0.15) is 56.3 Å². The highest BCUT2D eigenvalue weighted by Gasteiger charge is 2.37. The van der Waals surface area contributed by atoms with Crippen LogP contribution in [0.15, 0.2) is 6.20 Å². The fourth-order valence-corrected chi connectivity index (χ4v) is 3.72. The predicted octanol–water partition coefficient (Wildman–Crippen LogP) is 2.53. The van der Waals surface area contributed by atoms with Crippen molar-refractivity contribution in [2.45, 2.75) is 52.0 Å². The number of hydrogen-bond donors (Lipinski definition) is 1. The number of hydrogen-bond acceptors (Lipinski definition) is 5. The number of nitrogens with one attached hydrogen (secondary N) is 1. The molecule has 1 aromatic heterocycles. The molecule has 2 fully saturated rings. The van der Waals surface area contributed by atoms with Crippen LogP contribution >= 0.6 is 0 Å². The molecule has 2 heterocycles. The minimum atomic E-state index is -0.458. The first-order chi connectivity index (χ1) is 12.1. The number of aromatic amines is 1. The predicted molar refractivity (Wildman–Crippen MR) is 92.4 cm³/mol. The number of esters is 1. The Morgan fingerprint density at radius 2 is 2.08 bits per heavy atom. The van der Waals surface area contributed by atoms with Gasteiger partial charge in [-0.25, -0.2) is 4.79 Å². The lowest BCUT2D eigenvalue weighted by atomic mass is 9.82. The summed E-state index contributed by atoms with van der Waals surface area (Å²) in [7, 11) is 0. The quantitative estimate of drug-likeness (QED) is 0.826. The Kier molecular flexibility index (Phi) is 5.73. The van der Waals surface area contributed by atoms with E-state index in [1.807, 2.05) is 0 Å². The molecule has 25 heavy (non-hydrogen) atoms. The molecule has 1 N–H and O–H groups in total. The zero-order valence-corrected chi connectivity index (χ0v) is 15.0. The van der Waals surface area contributed by atoms with Crippen molar-refractivity contribution in [3.63, 3.8) is 0 Å². The number of H-pyrrole nitrogens is 1. The molecule has 1 saturated carbocycles. The molecule has 0 bridgehead atoms. The first-order valence-electron chi connectivity index (χ1n) is 9.23. The molecule has 1 atom stereocenters. The maximum Gasteiger partial charge on any atom is 0.343 e. The Morgan fingerprint density at radius 3 is 2.72 bits per heavy atom. The average molecular weight is 349 g/mol. The first kappa shape index (κ1) is 17.9. The van der Waals surface area contributed by atoms with Crippen LogP contribution in [0.3, 0.4) is 0 Å². The molecule has 7 nitrogen and oxygen atoms in total. The van der Waals surface area contributed by atoms with Crippen molar-refractivity contribution < 1.29 is 19.1 Å². The van der Waals surface area contributed by atoms with Gasteiger partial charge >= 0.3 is 5.97 Å². The molecule has 7 heteroatoms. The molecule has 1 aromatic rings. The second kappa shape index (κ2) is 7.99. The van der Waals surface area contributed by atoms with Crippen molar-refractivity contribution in [1.29, 1.82) is 0 Å². The van der Waals surface area contributed by atoms with Crippen LogP contribution in [0.25, 0.3) is 0 Å². The van der Waals surface area contributed by atoms with Crippen molar-refractivity contribution in [2.24, 2.45) is 11.8 Å². The standard InChI is InChI=1S/C18H27N3O4/c1-3-25-18(23)15-10-19-20-16(15)21(14-8-9-24-11-14)17(22)13-6-4-12(2)5-7-13/h10,12-14H,3-9,11H2,1-2H3,(H,19,20). The Hall–Kier alpha value is -1.89. The van der Waals surface area contributed by atoms with E-state index in [0.29, 0.717) is 30.5 Å². The number of anilines is 1. The zero-order chi connectivity index (χ0) is 17.8. The maximum atomic E-state index is 13.3. The summed E-state index contributed by atoms with van der Waals surface area (Å²) in [5.74, 6) is 0.722.